The Morgan fingerprint density at radius 3 is 2.84 bits per heavy atom. The predicted octanol–water partition coefficient (Wildman–Crippen LogP) is 2.51. The van der Waals surface area contributed by atoms with E-state index in [0.29, 0.717) is 12.6 Å². The van der Waals surface area contributed by atoms with Crippen LogP contribution >= 0.6 is 0 Å². The second-order valence-electron chi connectivity index (χ2n) is 5.01. The largest absolute Gasteiger partial charge is 0.320 e. The average molecular weight is 260 g/mol. The third-order valence-electron chi connectivity index (χ3n) is 3.34. The average Bonchev–Trinajstić information content (AvgIpc) is 3.22. The van der Waals surface area contributed by atoms with Crippen LogP contribution in [0.3, 0.4) is 0 Å². The standard InChI is InChI=1S/C16H21FN2/c1-2-10-19(16-7-8-16)12-14-5-6-15(17)11-13(14)4-3-9-18/h5-6,11,16H,2,7-10,12,18H2,1H3. The van der Waals surface area contributed by atoms with Gasteiger partial charge in [0, 0.05) is 18.2 Å². The van der Waals surface area contributed by atoms with Crippen molar-refractivity contribution in [3.8, 4) is 11.8 Å². The van der Waals surface area contributed by atoms with Gasteiger partial charge in [0.2, 0.25) is 0 Å². The first-order chi connectivity index (χ1) is 9.24. The molecule has 1 aliphatic carbocycles. The quantitative estimate of drug-likeness (QED) is 0.824. The zero-order valence-electron chi connectivity index (χ0n) is 11.5. The van der Waals surface area contributed by atoms with Gasteiger partial charge in [0.25, 0.3) is 0 Å². The van der Waals surface area contributed by atoms with Gasteiger partial charge in [-0.3, -0.25) is 4.90 Å². The van der Waals surface area contributed by atoms with Crippen molar-refractivity contribution in [3.63, 3.8) is 0 Å². The van der Waals surface area contributed by atoms with Crippen molar-refractivity contribution in [2.45, 2.75) is 38.8 Å². The van der Waals surface area contributed by atoms with Gasteiger partial charge in [-0.1, -0.05) is 24.8 Å². The third kappa shape index (κ3) is 4.05. The maximum atomic E-state index is 13.3. The summed E-state index contributed by atoms with van der Waals surface area (Å²) in [6.45, 7) is 4.44. The molecule has 0 heterocycles. The molecule has 1 aliphatic rings. The lowest BCUT2D eigenvalue weighted by molar-refractivity contribution is 0.255. The predicted molar refractivity (Wildman–Crippen MR) is 76.1 cm³/mol. The van der Waals surface area contributed by atoms with Gasteiger partial charge < -0.3 is 5.73 Å². The molecule has 1 fully saturated rings. The molecule has 2 N–H and O–H groups in total. The Balaban J connectivity index is 2.17. The van der Waals surface area contributed by atoms with Crippen molar-refractivity contribution >= 4 is 0 Å². The fourth-order valence-electron chi connectivity index (χ4n) is 2.29. The summed E-state index contributed by atoms with van der Waals surface area (Å²) >= 11 is 0. The number of rotatable bonds is 5. The topological polar surface area (TPSA) is 29.3 Å². The van der Waals surface area contributed by atoms with Crippen LogP contribution in [0.15, 0.2) is 18.2 Å². The molecule has 0 aromatic heterocycles. The van der Waals surface area contributed by atoms with E-state index in [-0.39, 0.29) is 5.82 Å². The summed E-state index contributed by atoms with van der Waals surface area (Å²) in [5, 5.41) is 0. The van der Waals surface area contributed by atoms with E-state index in [9.17, 15) is 4.39 Å². The van der Waals surface area contributed by atoms with E-state index in [1.54, 1.807) is 0 Å². The summed E-state index contributed by atoms with van der Waals surface area (Å²) in [6.07, 6.45) is 3.71. The molecule has 0 saturated heterocycles. The first kappa shape index (κ1) is 14.0. The molecule has 0 atom stereocenters. The molecule has 0 bridgehead atoms. The number of nitrogens with zero attached hydrogens (tertiary/aromatic N) is 1. The Hall–Kier alpha value is -1.37. The lowest BCUT2D eigenvalue weighted by Gasteiger charge is -2.22. The Morgan fingerprint density at radius 1 is 1.42 bits per heavy atom. The summed E-state index contributed by atoms with van der Waals surface area (Å²) in [7, 11) is 0. The second-order valence-corrected chi connectivity index (χ2v) is 5.01. The van der Waals surface area contributed by atoms with Crippen LogP contribution in [0.2, 0.25) is 0 Å². The van der Waals surface area contributed by atoms with Gasteiger partial charge >= 0.3 is 0 Å². The maximum absolute atomic E-state index is 13.3. The highest BCUT2D eigenvalue weighted by Gasteiger charge is 2.28. The highest BCUT2D eigenvalue weighted by Crippen LogP contribution is 2.29. The van der Waals surface area contributed by atoms with Crippen LogP contribution in [0.5, 0.6) is 0 Å². The van der Waals surface area contributed by atoms with Gasteiger partial charge in [-0.25, -0.2) is 4.39 Å². The maximum Gasteiger partial charge on any atom is 0.124 e. The highest BCUT2D eigenvalue weighted by molar-refractivity contribution is 5.42. The first-order valence-corrected chi connectivity index (χ1v) is 6.96. The Kier molecular flexibility index (Phi) is 4.95. The lowest BCUT2D eigenvalue weighted by Crippen LogP contribution is -2.26. The van der Waals surface area contributed by atoms with Crippen molar-refractivity contribution in [1.29, 1.82) is 0 Å². The summed E-state index contributed by atoms with van der Waals surface area (Å²) in [5.74, 6) is 5.56. The molecule has 0 aliphatic heterocycles. The monoisotopic (exact) mass is 260 g/mol. The zero-order valence-corrected chi connectivity index (χ0v) is 11.5. The van der Waals surface area contributed by atoms with Crippen LogP contribution in [0.1, 0.15) is 37.3 Å². The van der Waals surface area contributed by atoms with Crippen LogP contribution in [-0.2, 0) is 6.54 Å². The molecule has 19 heavy (non-hydrogen) atoms. The molecule has 0 unspecified atom stereocenters. The normalized spacial score (nSPS) is 14.3. The van der Waals surface area contributed by atoms with Gasteiger partial charge in [-0.2, -0.15) is 0 Å². The van der Waals surface area contributed by atoms with Gasteiger partial charge in [-0.15, -0.1) is 0 Å². The fraction of sp³-hybridized carbons (Fsp3) is 0.500. The van der Waals surface area contributed by atoms with Gasteiger partial charge in [-0.05, 0) is 43.5 Å². The number of hydrogen-bond donors (Lipinski definition) is 1. The number of benzene rings is 1. The van der Waals surface area contributed by atoms with E-state index in [1.807, 2.05) is 6.07 Å². The SMILES string of the molecule is CCCN(Cc1ccc(F)cc1C#CCN)C1CC1. The smallest absolute Gasteiger partial charge is 0.124 e. The molecule has 1 aromatic rings. The molecule has 2 rings (SSSR count). The Labute approximate surface area is 114 Å². The van der Waals surface area contributed by atoms with Crippen molar-refractivity contribution in [2.24, 2.45) is 5.73 Å². The van der Waals surface area contributed by atoms with E-state index in [4.69, 9.17) is 5.73 Å². The van der Waals surface area contributed by atoms with E-state index in [1.165, 1.54) is 25.0 Å². The molecule has 2 nitrogen and oxygen atoms in total. The van der Waals surface area contributed by atoms with Crippen LogP contribution in [0.4, 0.5) is 4.39 Å². The van der Waals surface area contributed by atoms with Gasteiger partial charge in [0.1, 0.15) is 5.82 Å². The van der Waals surface area contributed by atoms with Crippen LogP contribution < -0.4 is 5.73 Å². The number of nitrogens with two attached hydrogens (primary N) is 1. The van der Waals surface area contributed by atoms with E-state index in [0.717, 1.165) is 30.6 Å². The molecule has 102 valence electrons. The van der Waals surface area contributed by atoms with Gasteiger partial charge in [0.05, 0.1) is 6.54 Å². The van der Waals surface area contributed by atoms with Crippen molar-refractivity contribution in [2.75, 3.05) is 13.1 Å². The third-order valence-corrected chi connectivity index (χ3v) is 3.34. The second kappa shape index (κ2) is 6.70. The minimum atomic E-state index is -0.237. The van der Waals surface area contributed by atoms with E-state index < -0.39 is 0 Å². The first-order valence-electron chi connectivity index (χ1n) is 6.96. The molecule has 0 amide bonds. The van der Waals surface area contributed by atoms with Crippen molar-refractivity contribution < 1.29 is 4.39 Å². The summed E-state index contributed by atoms with van der Waals surface area (Å²) in [6, 6.07) is 5.58. The molecule has 1 aromatic carbocycles. The van der Waals surface area contributed by atoms with Crippen LogP contribution in [0.25, 0.3) is 0 Å². The molecular formula is C16H21FN2. The lowest BCUT2D eigenvalue weighted by atomic mass is 10.1. The van der Waals surface area contributed by atoms with Crippen molar-refractivity contribution in [3.05, 3.63) is 35.1 Å². The van der Waals surface area contributed by atoms with Crippen LogP contribution in [-0.4, -0.2) is 24.0 Å². The summed E-state index contributed by atoms with van der Waals surface area (Å²) in [4.78, 5) is 2.47. The van der Waals surface area contributed by atoms with Crippen molar-refractivity contribution in [1.82, 2.24) is 4.90 Å². The molecular weight excluding hydrogens is 239 g/mol. The summed E-state index contributed by atoms with van der Waals surface area (Å²) < 4.78 is 13.3. The highest BCUT2D eigenvalue weighted by atomic mass is 19.1. The number of hydrogen-bond acceptors (Lipinski definition) is 2. The summed E-state index contributed by atoms with van der Waals surface area (Å²) in [5.41, 5.74) is 7.26. The minimum absolute atomic E-state index is 0.237. The Morgan fingerprint density at radius 2 is 2.21 bits per heavy atom. The Bertz CT molecular complexity index is 483. The van der Waals surface area contributed by atoms with E-state index >= 15 is 0 Å². The molecule has 0 spiro atoms. The molecule has 1 saturated carbocycles. The minimum Gasteiger partial charge on any atom is -0.320 e. The van der Waals surface area contributed by atoms with E-state index in [2.05, 4.69) is 23.7 Å². The molecule has 3 heteroatoms. The zero-order chi connectivity index (χ0) is 13.7. The fourth-order valence-corrected chi connectivity index (χ4v) is 2.29. The number of halogens is 1. The van der Waals surface area contributed by atoms with Crippen LogP contribution in [0, 0.1) is 17.7 Å². The molecule has 0 radical (unpaired) electrons. The van der Waals surface area contributed by atoms with Gasteiger partial charge in [0.15, 0.2) is 0 Å².